The Labute approximate surface area is 182 Å². The lowest BCUT2D eigenvalue weighted by Gasteiger charge is -2.24. The van der Waals surface area contributed by atoms with Gasteiger partial charge < -0.3 is 15.8 Å². The molecule has 0 fully saturated rings. The van der Waals surface area contributed by atoms with Gasteiger partial charge in [-0.15, -0.1) is 12.4 Å². The zero-order valence-electron chi connectivity index (χ0n) is 15.6. The SMILES string of the molecule is Cl.NC1=NC(c2ccc(C(F)(F)F)cc2)NC(=NCCCOc2ccc(Cl)cc2)N1. The van der Waals surface area contributed by atoms with Gasteiger partial charge in [0.1, 0.15) is 5.75 Å². The highest BCUT2D eigenvalue weighted by atomic mass is 35.5. The minimum Gasteiger partial charge on any atom is -0.494 e. The van der Waals surface area contributed by atoms with Crippen LogP contribution in [0.5, 0.6) is 5.75 Å². The molecule has 30 heavy (non-hydrogen) atoms. The number of ether oxygens (including phenoxy) is 1. The minimum absolute atomic E-state index is 0. The number of alkyl halides is 3. The van der Waals surface area contributed by atoms with Crippen LogP contribution in [0.1, 0.15) is 23.7 Å². The molecule has 0 aliphatic carbocycles. The summed E-state index contributed by atoms with van der Waals surface area (Å²) in [5.74, 6) is 1.24. The van der Waals surface area contributed by atoms with Crippen LogP contribution >= 0.6 is 24.0 Å². The third-order valence-corrected chi connectivity index (χ3v) is 4.25. The van der Waals surface area contributed by atoms with E-state index in [-0.39, 0.29) is 18.4 Å². The average molecular weight is 462 g/mol. The smallest absolute Gasteiger partial charge is 0.416 e. The van der Waals surface area contributed by atoms with Gasteiger partial charge in [-0.1, -0.05) is 23.7 Å². The number of benzene rings is 2. The number of rotatable bonds is 6. The maximum Gasteiger partial charge on any atom is 0.416 e. The monoisotopic (exact) mass is 461 g/mol. The van der Waals surface area contributed by atoms with Crippen LogP contribution in [0, 0.1) is 0 Å². The van der Waals surface area contributed by atoms with Gasteiger partial charge >= 0.3 is 6.18 Å². The number of halogens is 5. The fraction of sp³-hybridized carbons (Fsp3) is 0.263. The fourth-order valence-electron chi connectivity index (χ4n) is 2.56. The molecule has 1 aliphatic rings. The van der Waals surface area contributed by atoms with Crippen molar-refractivity contribution in [3.05, 3.63) is 64.7 Å². The highest BCUT2D eigenvalue weighted by Gasteiger charge is 2.30. The molecule has 11 heteroatoms. The van der Waals surface area contributed by atoms with E-state index in [9.17, 15) is 13.2 Å². The Kier molecular flexibility index (Phi) is 8.19. The van der Waals surface area contributed by atoms with Crippen LogP contribution in [-0.4, -0.2) is 25.1 Å². The Morgan fingerprint density at radius 3 is 2.40 bits per heavy atom. The summed E-state index contributed by atoms with van der Waals surface area (Å²) in [6.07, 6.45) is -4.36. The first-order valence-corrected chi connectivity index (χ1v) is 9.16. The van der Waals surface area contributed by atoms with Crippen molar-refractivity contribution >= 4 is 35.9 Å². The Bertz CT molecular complexity index is 887. The molecular formula is C19H20Cl2F3N5O. The van der Waals surface area contributed by atoms with Crippen molar-refractivity contribution in [3.63, 3.8) is 0 Å². The normalized spacial score (nSPS) is 17.4. The van der Waals surface area contributed by atoms with E-state index in [1.807, 2.05) is 0 Å². The van der Waals surface area contributed by atoms with Crippen LogP contribution in [0.25, 0.3) is 0 Å². The Balaban J connectivity index is 0.00000320. The van der Waals surface area contributed by atoms with Gasteiger partial charge in [0.15, 0.2) is 18.1 Å². The molecule has 162 valence electrons. The third-order valence-electron chi connectivity index (χ3n) is 4.00. The number of hydrogen-bond acceptors (Lipinski definition) is 4. The summed E-state index contributed by atoms with van der Waals surface area (Å²) in [6.45, 7) is 0.917. The minimum atomic E-state index is -4.39. The van der Waals surface area contributed by atoms with Gasteiger partial charge in [0.2, 0.25) is 0 Å². The third kappa shape index (κ3) is 6.70. The largest absolute Gasteiger partial charge is 0.494 e. The van der Waals surface area contributed by atoms with Gasteiger partial charge in [0.05, 0.1) is 12.2 Å². The maximum absolute atomic E-state index is 12.7. The quantitative estimate of drug-likeness (QED) is 0.565. The molecule has 1 aliphatic heterocycles. The first kappa shape index (κ1) is 23.6. The second-order valence-electron chi connectivity index (χ2n) is 6.19. The van der Waals surface area contributed by atoms with Crippen LogP contribution in [0.2, 0.25) is 5.02 Å². The maximum atomic E-state index is 12.7. The van der Waals surface area contributed by atoms with Crippen LogP contribution in [0.15, 0.2) is 58.5 Å². The van der Waals surface area contributed by atoms with Crippen molar-refractivity contribution in [1.82, 2.24) is 10.6 Å². The molecule has 0 saturated carbocycles. The second kappa shape index (κ2) is 10.4. The van der Waals surface area contributed by atoms with E-state index >= 15 is 0 Å². The molecule has 3 rings (SSSR count). The van der Waals surface area contributed by atoms with Crippen molar-refractivity contribution in [2.24, 2.45) is 15.7 Å². The summed E-state index contributed by atoms with van der Waals surface area (Å²) >= 11 is 5.82. The molecule has 0 radical (unpaired) electrons. The summed E-state index contributed by atoms with van der Waals surface area (Å²) in [4.78, 5) is 8.52. The summed E-state index contributed by atoms with van der Waals surface area (Å²) in [5, 5.41) is 6.44. The van der Waals surface area contributed by atoms with E-state index in [0.29, 0.717) is 36.1 Å². The Morgan fingerprint density at radius 2 is 1.77 bits per heavy atom. The lowest BCUT2D eigenvalue weighted by molar-refractivity contribution is -0.137. The molecule has 0 amide bonds. The van der Waals surface area contributed by atoms with Crippen molar-refractivity contribution in [2.45, 2.75) is 18.8 Å². The van der Waals surface area contributed by atoms with Crippen molar-refractivity contribution in [1.29, 1.82) is 0 Å². The molecule has 6 nitrogen and oxygen atoms in total. The highest BCUT2D eigenvalue weighted by molar-refractivity contribution is 6.30. The molecule has 2 aromatic rings. The van der Waals surface area contributed by atoms with Gasteiger partial charge in [-0.3, -0.25) is 10.3 Å². The summed E-state index contributed by atoms with van der Waals surface area (Å²) < 4.78 is 43.7. The average Bonchev–Trinajstić information content (AvgIpc) is 2.68. The van der Waals surface area contributed by atoms with E-state index in [1.165, 1.54) is 12.1 Å². The van der Waals surface area contributed by atoms with Gasteiger partial charge in [-0.25, -0.2) is 4.99 Å². The first-order chi connectivity index (χ1) is 13.8. The van der Waals surface area contributed by atoms with Gasteiger partial charge in [0, 0.05) is 18.0 Å². The fourth-order valence-corrected chi connectivity index (χ4v) is 2.69. The van der Waals surface area contributed by atoms with Crippen molar-refractivity contribution in [2.75, 3.05) is 13.2 Å². The van der Waals surface area contributed by atoms with Gasteiger partial charge in [0.25, 0.3) is 0 Å². The van der Waals surface area contributed by atoms with Crippen LogP contribution < -0.4 is 21.1 Å². The summed E-state index contributed by atoms with van der Waals surface area (Å²) in [6, 6.07) is 11.8. The highest BCUT2D eigenvalue weighted by Crippen LogP contribution is 2.30. The predicted molar refractivity (Wildman–Crippen MR) is 113 cm³/mol. The zero-order valence-corrected chi connectivity index (χ0v) is 17.2. The van der Waals surface area contributed by atoms with Crippen molar-refractivity contribution in [3.8, 4) is 5.75 Å². The molecule has 0 bridgehead atoms. The van der Waals surface area contributed by atoms with Crippen LogP contribution in [-0.2, 0) is 6.18 Å². The van der Waals surface area contributed by atoms with Crippen LogP contribution in [0.4, 0.5) is 13.2 Å². The summed E-state index contributed by atoms with van der Waals surface area (Å²) in [5.41, 5.74) is 5.60. The van der Waals surface area contributed by atoms with E-state index in [2.05, 4.69) is 20.6 Å². The van der Waals surface area contributed by atoms with Crippen LogP contribution in [0.3, 0.4) is 0 Å². The number of hydrogen-bond donors (Lipinski definition) is 3. The first-order valence-electron chi connectivity index (χ1n) is 8.78. The van der Waals surface area contributed by atoms with Crippen molar-refractivity contribution < 1.29 is 17.9 Å². The number of nitrogens with one attached hydrogen (secondary N) is 2. The van der Waals surface area contributed by atoms with E-state index in [0.717, 1.165) is 17.9 Å². The van der Waals surface area contributed by atoms with Gasteiger partial charge in [-0.05, 0) is 42.0 Å². The molecule has 0 saturated heterocycles. The predicted octanol–water partition coefficient (Wildman–Crippen LogP) is 4.11. The topological polar surface area (TPSA) is 84.0 Å². The molecule has 1 unspecified atom stereocenters. The number of nitrogens with zero attached hydrogens (tertiary/aromatic N) is 2. The number of aliphatic imine (C=N–C) groups is 2. The number of guanidine groups is 2. The molecule has 1 heterocycles. The number of nitrogens with two attached hydrogens (primary N) is 1. The molecule has 2 aromatic carbocycles. The standard InChI is InChI=1S/C19H19ClF3N5O.ClH/c20-14-6-8-15(9-7-14)29-11-1-10-25-18-27-16(26-17(24)28-18)12-2-4-13(5-3-12)19(21,22)23;/h2-9,16H,1,10-11H2,(H4,24,25,26,27,28);1H. The van der Waals surface area contributed by atoms with E-state index in [4.69, 9.17) is 22.1 Å². The molecule has 0 spiro atoms. The molecule has 1 atom stereocenters. The lowest BCUT2D eigenvalue weighted by Crippen LogP contribution is -2.50. The lowest BCUT2D eigenvalue weighted by atomic mass is 10.1. The van der Waals surface area contributed by atoms with E-state index < -0.39 is 17.9 Å². The Hall–Kier alpha value is -2.65. The Morgan fingerprint density at radius 1 is 1.10 bits per heavy atom. The molecular weight excluding hydrogens is 442 g/mol. The van der Waals surface area contributed by atoms with Gasteiger partial charge in [-0.2, -0.15) is 13.2 Å². The molecule has 0 aromatic heterocycles. The van der Waals surface area contributed by atoms with E-state index in [1.54, 1.807) is 24.3 Å². The zero-order chi connectivity index (χ0) is 20.9. The second-order valence-corrected chi connectivity index (χ2v) is 6.63. The summed E-state index contributed by atoms with van der Waals surface area (Å²) in [7, 11) is 0. The molecule has 4 N–H and O–H groups in total.